The van der Waals surface area contributed by atoms with Crippen LogP contribution in [-0.4, -0.2) is 26.5 Å². The van der Waals surface area contributed by atoms with Crippen molar-refractivity contribution in [2.24, 2.45) is 5.92 Å². The van der Waals surface area contributed by atoms with Crippen LogP contribution in [0.1, 0.15) is 26.7 Å². The number of rotatable bonds is 6. The Bertz CT molecular complexity index is 309. The number of hydrogen-bond acceptors (Lipinski definition) is 3. The van der Waals surface area contributed by atoms with E-state index >= 15 is 0 Å². The fourth-order valence-corrected chi connectivity index (χ4v) is 2.87. The highest BCUT2D eigenvalue weighted by molar-refractivity contribution is 7.90. The molecule has 1 rings (SSSR count). The summed E-state index contributed by atoms with van der Waals surface area (Å²) in [5.74, 6) is 0.0695. The molecule has 0 saturated carbocycles. The van der Waals surface area contributed by atoms with Gasteiger partial charge in [-0.1, -0.05) is 13.0 Å². The van der Waals surface area contributed by atoms with Gasteiger partial charge in [0.2, 0.25) is 10.0 Å². The number of nitrogens with one attached hydrogen (secondary N) is 1. The fraction of sp³-hybridized carbons (Fsp3) is 0.800. The van der Waals surface area contributed by atoms with Crippen molar-refractivity contribution in [3.05, 3.63) is 12.7 Å². The molecule has 1 N–H and O–H groups in total. The van der Waals surface area contributed by atoms with Crippen molar-refractivity contribution in [2.45, 2.75) is 38.2 Å². The Morgan fingerprint density at radius 1 is 1.60 bits per heavy atom. The highest BCUT2D eigenvalue weighted by atomic mass is 32.2. The molecule has 88 valence electrons. The third-order valence-corrected chi connectivity index (χ3v) is 4.86. The van der Waals surface area contributed by atoms with Gasteiger partial charge in [0.25, 0.3) is 0 Å². The van der Waals surface area contributed by atoms with Crippen LogP contribution in [0.2, 0.25) is 0 Å². The van der Waals surface area contributed by atoms with Crippen LogP contribution in [0.5, 0.6) is 0 Å². The largest absolute Gasteiger partial charge is 0.362 e. The monoisotopic (exact) mass is 233 g/mol. The van der Waals surface area contributed by atoms with Crippen molar-refractivity contribution < 1.29 is 13.2 Å². The van der Waals surface area contributed by atoms with E-state index in [2.05, 4.69) is 11.3 Å². The molecule has 0 radical (unpaired) electrons. The number of sulfonamides is 1. The van der Waals surface area contributed by atoms with Gasteiger partial charge in [-0.25, -0.2) is 8.42 Å². The molecule has 1 fully saturated rings. The molecule has 0 aromatic carbocycles. The lowest BCUT2D eigenvalue weighted by Gasteiger charge is -2.29. The lowest BCUT2D eigenvalue weighted by molar-refractivity contribution is -0.0567. The van der Waals surface area contributed by atoms with E-state index in [0.29, 0.717) is 13.0 Å². The zero-order chi connectivity index (χ0) is 11.5. The summed E-state index contributed by atoms with van der Waals surface area (Å²) in [7, 11) is -3.26. The van der Waals surface area contributed by atoms with Crippen molar-refractivity contribution in [3.8, 4) is 0 Å². The predicted octanol–water partition coefficient (Wildman–Crippen LogP) is 1.25. The summed E-state index contributed by atoms with van der Waals surface area (Å²) in [4.78, 5) is 0. The molecule has 1 heterocycles. The molecule has 1 aliphatic rings. The second kappa shape index (κ2) is 5.09. The van der Waals surface area contributed by atoms with Crippen molar-refractivity contribution in [3.63, 3.8) is 0 Å². The molecule has 0 spiro atoms. The molecule has 0 aromatic rings. The second-order valence-electron chi connectivity index (χ2n) is 4.02. The molecule has 0 bridgehead atoms. The molecule has 15 heavy (non-hydrogen) atoms. The first-order valence-electron chi connectivity index (χ1n) is 5.21. The number of ether oxygens (including phenoxy) is 1. The van der Waals surface area contributed by atoms with Gasteiger partial charge < -0.3 is 4.74 Å². The Kier molecular flexibility index (Phi) is 4.31. The Labute approximate surface area is 91.8 Å². The van der Waals surface area contributed by atoms with Crippen LogP contribution in [-0.2, 0) is 14.8 Å². The van der Waals surface area contributed by atoms with Crippen LogP contribution in [0, 0.1) is 5.92 Å². The molecule has 0 unspecified atom stereocenters. The first-order valence-corrected chi connectivity index (χ1v) is 6.75. The fourth-order valence-electron chi connectivity index (χ4n) is 1.38. The third-order valence-electron chi connectivity index (χ3n) is 2.82. The van der Waals surface area contributed by atoms with E-state index < -0.39 is 15.3 Å². The van der Waals surface area contributed by atoms with Gasteiger partial charge in [0, 0.05) is 6.42 Å². The van der Waals surface area contributed by atoms with Gasteiger partial charge in [0.15, 0.2) is 0 Å². The maximum atomic E-state index is 11.8. The lowest BCUT2D eigenvalue weighted by atomic mass is 10.1. The molecular formula is C10H19NO3S. The summed E-state index contributed by atoms with van der Waals surface area (Å²) in [5.41, 5.74) is 0. The Hall–Kier alpha value is -0.390. The average molecular weight is 233 g/mol. The maximum Gasteiger partial charge on any atom is 0.216 e. The van der Waals surface area contributed by atoms with Crippen molar-refractivity contribution >= 4 is 10.0 Å². The van der Waals surface area contributed by atoms with Crippen LogP contribution < -0.4 is 4.72 Å². The molecule has 1 aliphatic heterocycles. The minimum atomic E-state index is -3.26. The zero-order valence-electron chi connectivity index (χ0n) is 9.27. The topological polar surface area (TPSA) is 55.4 Å². The van der Waals surface area contributed by atoms with E-state index in [0.717, 1.165) is 6.42 Å². The molecule has 0 amide bonds. The molecule has 1 saturated heterocycles. The van der Waals surface area contributed by atoms with Gasteiger partial charge >= 0.3 is 0 Å². The van der Waals surface area contributed by atoms with E-state index in [1.54, 1.807) is 13.0 Å². The van der Waals surface area contributed by atoms with E-state index in [9.17, 15) is 8.42 Å². The molecule has 5 heteroatoms. The van der Waals surface area contributed by atoms with E-state index in [1.165, 1.54) is 0 Å². The molecular weight excluding hydrogens is 214 g/mol. The van der Waals surface area contributed by atoms with Gasteiger partial charge in [-0.3, -0.25) is 0 Å². The van der Waals surface area contributed by atoms with Gasteiger partial charge in [0.1, 0.15) is 6.23 Å². The first kappa shape index (κ1) is 12.7. The number of hydrogen-bond donors (Lipinski definition) is 1. The van der Waals surface area contributed by atoms with Gasteiger partial charge in [-0.15, -0.1) is 6.58 Å². The van der Waals surface area contributed by atoms with Crippen LogP contribution in [0.15, 0.2) is 12.7 Å². The summed E-state index contributed by atoms with van der Waals surface area (Å²) in [6, 6.07) is 0. The van der Waals surface area contributed by atoms with Gasteiger partial charge in [-0.2, -0.15) is 4.72 Å². The molecule has 3 atom stereocenters. The van der Waals surface area contributed by atoms with Crippen LogP contribution in [0.4, 0.5) is 0 Å². The van der Waals surface area contributed by atoms with Crippen molar-refractivity contribution in [1.82, 2.24) is 4.72 Å². The molecule has 0 aromatic heterocycles. The second-order valence-corrected chi connectivity index (χ2v) is 6.09. The minimum absolute atomic E-state index is 0.0695. The predicted molar refractivity (Wildman–Crippen MR) is 59.9 cm³/mol. The smallest absolute Gasteiger partial charge is 0.216 e. The maximum absolute atomic E-state index is 11.8. The van der Waals surface area contributed by atoms with E-state index in [4.69, 9.17) is 4.74 Å². The molecule has 4 nitrogen and oxygen atoms in total. The van der Waals surface area contributed by atoms with E-state index in [-0.39, 0.29) is 12.1 Å². The number of allylic oxidation sites excluding steroid dienone is 1. The van der Waals surface area contributed by atoms with Gasteiger partial charge in [0.05, 0.1) is 11.9 Å². The minimum Gasteiger partial charge on any atom is -0.362 e. The normalized spacial score (nSPS) is 25.3. The highest BCUT2D eigenvalue weighted by Gasteiger charge is 2.30. The van der Waals surface area contributed by atoms with E-state index in [1.807, 2.05) is 6.92 Å². The third kappa shape index (κ3) is 3.29. The lowest BCUT2D eigenvalue weighted by Crippen LogP contribution is -2.48. The zero-order valence-corrected chi connectivity index (χ0v) is 10.1. The summed E-state index contributed by atoms with van der Waals surface area (Å²) in [6.45, 7) is 7.88. The Balaban J connectivity index is 2.54. The average Bonchev–Trinajstić information content (AvgIpc) is 2.11. The van der Waals surface area contributed by atoms with Crippen LogP contribution in [0.3, 0.4) is 0 Å². The summed E-state index contributed by atoms with van der Waals surface area (Å²) in [5, 5.41) is -0.417. The summed E-state index contributed by atoms with van der Waals surface area (Å²) in [6.07, 6.45) is 2.90. The van der Waals surface area contributed by atoms with Crippen molar-refractivity contribution in [2.75, 3.05) is 6.61 Å². The highest BCUT2D eigenvalue weighted by Crippen LogP contribution is 2.18. The Morgan fingerprint density at radius 3 is 2.60 bits per heavy atom. The summed E-state index contributed by atoms with van der Waals surface area (Å²) >= 11 is 0. The van der Waals surface area contributed by atoms with Gasteiger partial charge in [-0.05, 0) is 19.3 Å². The SMILES string of the molecule is C=CC[C@H](C)[C@@H](C)S(=O)(=O)N[C@@H]1CCO1. The van der Waals surface area contributed by atoms with Crippen molar-refractivity contribution in [1.29, 1.82) is 0 Å². The standard InChI is InChI=1S/C10H19NO3S/c1-4-5-8(2)9(3)15(12,13)11-10-6-7-14-10/h4,8-11H,1,5-7H2,2-3H3/t8-,9+,10-/m0/s1. The molecule has 0 aliphatic carbocycles. The Morgan fingerprint density at radius 2 is 2.20 bits per heavy atom. The summed E-state index contributed by atoms with van der Waals surface area (Å²) < 4.78 is 31.2. The van der Waals surface area contributed by atoms with Crippen LogP contribution in [0.25, 0.3) is 0 Å². The quantitative estimate of drug-likeness (QED) is 0.703. The first-order chi connectivity index (χ1) is 6.97. The van der Waals surface area contributed by atoms with Crippen LogP contribution >= 0.6 is 0 Å².